The fraction of sp³-hybridized carbons (Fsp3) is 0.500. The van der Waals surface area contributed by atoms with Gasteiger partial charge in [-0.3, -0.25) is 19.7 Å². The molecule has 0 aliphatic heterocycles. The second-order valence-electron chi connectivity index (χ2n) is 6.12. The maximum atomic E-state index is 12.6. The van der Waals surface area contributed by atoms with Crippen molar-refractivity contribution in [2.24, 2.45) is 5.92 Å². The smallest absolute Gasteiger partial charge is 0.308 e. The van der Waals surface area contributed by atoms with Crippen molar-refractivity contribution in [3.05, 3.63) is 34.4 Å². The number of hydrogen-bond acceptors (Lipinski definition) is 5. The van der Waals surface area contributed by atoms with E-state index >= 15 is 0 Å². The number of nitro benzene ring substituents is 1. The lowest BCUT2D eigenvalue weighted by atomic mass is 10.1. The Hall–Kier alpha value is -2.64. The van der Waals surface area contributed by atoms with Crippen LogP contribution in [0.5, 0.6) is 0 Å². The van der Waals surface area contributed by atoms with E-state index in [-0.39, 0.29) is 30.7 Å². The number of anilines is 1. The summed E-state index contributed by atoms with van der Waals surface area (Å²) in [7, 11) is 1.62. The standard InChI is InChI=1S/C16H21N3O5/c1-11(16(21)22)9-18(12-7-8-12)15(20)10-17(2)13-5-3-4-6-14(13)19(23)24/h3-6,11-12H,7-10H2,1-2H3,(H,21,22). The zero-order valence-electron chi connectivity index (χ0n) is 13.7. The SMILES string of the molecule is CC(CN(C(=O)CN(C)c1ccccc1[N+](=O)[O-])C1CC1)C(=O)O. The summed E-state index contributed by atoms with van der Waals surface area (Å²) in [5, 5.41) is 20.2. The number of amides is 1. The lowest BCUT2D eigenvalue weighted by Crippen LogP contribution is -2.43. The van der Waals surface area contributed by atoms with Crippen molar-refractivity contribution in [3.63, 3.8) is 0 Å². The molecule has 0 heterocycles. The molecule has 0 saturated heterocycles. The van der Waals surface area contributed by atoms with Crippen molar-refractivity contribution in [2.75, 3.05) is 25.0 Å². The number of rotatable bonds is 8. The van der Waals surface area contributed by atoms with Gasteiger partial charge in [0.05, 0.1) is 17.4 Å². The maximum absolute atomic E-state index is 12.6. The summed E-state index contributed by atoms with van der Waals surface area (Å²) in [4.78, 5) is 37.3. The van der Waals surface area contributed by atoms with Crippen LogP contribution in [0.15, 0.2) is 24.3 Å². The van der Waals surface area contributed by atoms with Crippen LogP contribution in [-0.4, -0.2) is 53.0 Å². The van der Waals surface area contributed by atoms with Crippen molar-refractivity contribution >= 4 is 23.3 Å². The van der Waals surface area contributed by atoms with Gasteiger partial charge in [-0.15, -0.1) is 0 Å². The van der Waals surface area contributed by atoms with E-state index < -0.39 is 16.8 Å². The van der Waals surface area contributed by atoms with E-state index in [1.807, 2.05) is 0 Å². The van der Waals surface area contributed by atoms with Crippen molar-refractivity contribution in [2.45, 2.75) is 25.8 Å². The number of nitro groups is 1. The summed E-state index contributed by atoms with van der Waals surface area (Å²) in [6.07, 6.45) is 1.74. The normalized spacial score (nSPS) is 14.8. The lowest BCUT2D eigenvalue weighted by Gasteiger charge is -2.27. The van der Waals surface area contributed by atoms with Crippen molar-refractivity contribution in [1.82, 2.24) is 4.90 Å². The topological polar surface area (TPSA) is 104 Å². The highest BCUT2D eigenvalue weighted by Gasteiger charge is 2.35. The number of nitrogens with zero attached hydrogens (tertiary/aromatic N) is 3. The van der Waals surface area contributed by atoms with Crippen LogP contribution in [0.25, 0.3) is 0 Å². The van der Waals surface area contributed by atoms with Gasteiger partial charge in [0, 0.05) is 25.7 Å². The Morgan fingerprint density at radius 2 is 2.00 bits per heavy atom. The fourth-order valence-corrected chi connectivity index (χ4v) is 2.53. The monoisotopic (exact) mass is 335 g/mol. The third-order valence-corrected chi connectivity index (χ3v) is 4.06. The number of aliphatic carboxylic acids is 1. The Kier molecular flexibility index (Phi) is 5.38. The molecule has 0 aromatic heterocycles. The number of carboxylic acids is 1. The highest BCUT2D eigenvalue weighted by atomic mass is 16.6. The molecule has 0 spiro atoms. The number of likely N-dealkylation sites (N-methyl/N-ethyl adjacent to an activating group) is 1. The Balaban J connectivity index is 2.09. The Morgan fingerprint density at radius 1 is 1.38 bits per heavy atom. The van der Waals surface area contributed by atoms with Gasteiger partial charge in [0.25, 0.3) is 5.69 Å². The van der Waals surface area contributed by atoms with Crippen molar-refractivity contribution in [1.29, 1.82) is 0 Å². The molecule has 1 aromatic carbocycles. The van der Waals surface area contributed by atoms with Crippen LogP contribution in [0.2, 0.25) is 0 Å². The summed E-state index contributed by atoms with van der Waals surface area (Å²) in [5.41, 5.74) is 0.294. The number of carbonyl (C=O) groups is 2. The Morgan fingerprint density at radius 3 is 2.54 bits per heavy atom. The average Bonchev–Trinajstić information content (AvgIpc) is 3.36. The molecule has 1 fully saturated rings. The van der Waals surface area contributed by atoms with Crippen LogP contribution in [-0.2, 0) is 9.59 Å². The molecule has 1 atom stereocenters. The summed E-state index contributed by atoms with van der Waals surface area (Å²) in [5.74, 6) is -1.81. The van der Waals surface area contributed by atoms with Crippen LogP contribution in [0.1, 0.15) is 19.8 Å². The van der Waals surface area contributed by atoms with E-state index in [1.165, 1.54) is 11.0 Å². The lowest BCUT2D eigenvalue weighted by molar-refractivity contribution is -0.384. The first kappa shape index (κ1) is 17.7. The Bertz CT molecular complexity index is 644. The van der Waals surface area contributed by atoms with Crippen LogP contribution >= 0.6 is 0 Å². The van der Waals surface area contributed by atoms with Gasteiger partial charge < -0.3 is 14.9 Å². The number of para-hydroxylation sites is 2. The molecule has 0 radical (unpaired) electrons. The number of hydrogen-bond donors (Lipinski definition) is 1. The second-order valence-corrected chi connectivity index (χ2v) is 6.12. The molecule has 1 saturated carbocycles. The molecule has 1 N–H and O–H groups in total. The molecule has 1 unspecified atom stereocenters. The third-order valence-electron chi connectivity index (χ3n) is 4.06. The minimum absolute atomic E-state index is 0.0340. The molecule has 24 heavy (non-hydrogen) atoms. The first-order chi connectivity index (χ1) is 11.3. The summed E-state index contributed by atoms with van der Waals surface area (Å²) >= 11 is 0. The highest BCUT2D eigenvalue weighted by molar-refractivity contribution is 5.83. The van der Waals surface area contributed by atoms with Gasteiger partial charge in [-0.25, -0.2) is 0 Å². The second kappa shape index (κ2) is 7.29. The van der Waals surface area contributed by atoms with E-state index in [2.05, 4.69) is 0 Å². The zero-order chi connectivity index (χ0) is 17.9. The summed E-state index contributed by atoms with van der Waals surface area (Å²) in [6.45, 7) is 1.69. The van der Waals surface area contributed by atoms with Gasteiger partial charge in [0.15, 0.2) is 0 Å². The van der Waals surface area contributed by atoms with E-state index in [0.29, 0.717) is 5.69 Å². The third kappa shape index (κ3) is 4.21. The van der Waals surface area contributed by atoms with E-state index in [0.717, 1.165) is 12.8 Å². The summed E-state index contributed by atoms with van der Waals surface area (Å²) < 4.78 is 0. The largest absolute Gasteiger partial charge is 0.481 e. The fourth-order valence-electron chi connectivity index (χ4n) is 2.53. The minimum atomic E-state index is -0.944. The number of carbonyl (C=O) groups excluding carboxylic acids is 1. The molecule has 1 aliphatic rings. The summed E-state index contributed by atoms with van der Waals surface area (Å²) in [6, 6.07) is 6.31. The molecule has 1 aliphatic carbocycles. The molecule has 130 valence electrons. The van der Waals surface area contributed by atoms with Crippen molar-refractivity contribution < 1.29 is 19.6 Å². The molecule has 0 bridgehead atoms. The van der Waals surface area contributed by atoms with Crippen LogP contribution in [0, 0.1) is 16.0 Å². The quantitative estimate of drug-likeness (QED) is 0.573. The number of carboxylic acid groups (broad SMARTS) is 1. The molecule has 8 nitrogen and oxygen atoms in total. The first-order valence-corrected chi connectivity index (χ1v) is 7.78. The van der Waals surface area contributed by atoms with Gasteiger partial charge in [-0.05, 0) is 18.9 Å². The first-order valence-electron chi connectivity index (χ1n) is 7.78. The van der Waals surface area contributed by atoms with Crippen LogP contribution < -0.4 is 4.90 Å². The van der Waals surface area contributed by atoms with E-state index in [1.54, 1.807) is 37.1 Å². The molecule has 2 rings (SSSR count). The van der Waals surface area contributed by atoms with Crippen LogP contribution in [0.3, 0.4) is 0 Å². The molecule has 8 heteroatoms. The molecule has 1 amide bonds. The van der Waals surface area contributed by atoms with Gasteiger partial charge >= 0.3 is 5.97 Å². The van der Waals surface area contributed by atoms with Gasteiger partial charge in [-0.1, -0.05) is 19.1 Å². The average molecular weight is 335 g/mol. The number of benzene rings is 1. The van der Waals surface area contributed by atoms with Gasteiger partial charge in [-0.2, -0.15) is 0 Å². The predicted octanol–water partition coefficient (Wildman–Crippen LogP) is 1.74. The van der Waals surface area contributed by atoms with Crippen molar-refractivity contribution in [3.8, 4) is 0 Å². The Labute approximate surface area is 139 Å². The molecule has 1 aromatic rings. The van der Waals surface area contributed by atoms with E-state index in [9.17, 15) is 19.7 Å². The highest BCUT2D eigenvalue weighted by Crippen LogP contribution is 2.29. The van der Waals surface area contributed by atoms with E-state index in [4.69, 9.17) is 5.11 Å². The molecular weight excluding hydrogens is 314 g/mol. The van der Waals surface area contributed by atoms with Gasteiger partial charge in [0.2, 0.25) is 5.91 Å². The molecular formula is C16H21N3O5. The predicted molar refractivity (Wildman–Crippen MR) is 87.9 cm³/mol. The zero-order valence-corrected chi connectivity index (χ0v) is 13.7. The minimum Gasteiger partial charge on any atom is -0.481 e. The van der Waals surface area contributed by atoms with Gasteiger partial charge in [0.1, 0.15) is 5.69 Å². The maximum Gasteiger partial charge on any atom is 0.308 e. The van der Waals surface area contributed by atoms with Crippen LogP contribution in [0.4, 0.5) is 11.4 Å².